The van der Waals surface area contributed by atoms with Crippen LogP contribution >= 0.6 is 0 Å². The number of hydrogen-bond donors (Lipinski definition) is 1. The van der Waals surface area contributed by atoms with Crippen molar-refractivity contribution in [3.8, 4) is 0 Å². The monoisotopic (exact) mass is 205 g/mol. The van der Waals surface area contributed by atoms with Crippen molar-refractivity contribution in [3.63, 3.8) is 0 Å². The van der Waals surface area contributed by atoms with E-state index in [0.29, 0.717) is 5.69 Å². The first-order valence-corrected chi connectivity index (χ1v) is 5.66. The molecule has 0 saturated heterocycles. The molecule has 0 amide bonds. The van der Waals surface area contributed by atoms with E-state index in [2.05, 4.69) is 10.3 Å². The normalized spacial score (nSPS) is 14.4. The fourth-order valence-electron chi connectivity index (χ4n) is 0.971. The molecule has 0 spiro atoms. The summed E-state index contributed by atoms with van der Waals surface area (Å²) in [5.74, 6) is -0.311. The first-order valence-electron chi connectivity index (χ1n) is 3.60. The number of rotatable bonds is 3. The number of hydrogen-bond acceptors (Lipinski definition) is 5. The molecule has 1 aromatic heterocycles. The van der Waals surface area contributed by atoms with Crippen LogP contribution in [0.5, 0.6) is 0 Å². The van der Waals surface area contributed by atoms with Gasteiger partial charge in [-0.05, 0) is 0 Å². The Bertz CT molecular complexity index is 384. The van der Waals surface area contributed by atoms with Gasteiger partial charge in [0.1, 0.15) is 15.9 Å². The van der Waals surface area contributed by atoms with Crippen molar-refractivity contribution in [1.29, 1.82) is 0 Å². The van der Waals surface area contributed by atoms with Gasteiger partial charge in [-0.15, -0.1) is 5.10 Å². The summed E-state index contributed by atoms with van der Waals surface area (Å²) in [6.07, 6.45) is 1.35. The summed E-state index contributed by atoms with van der Waals surface area (Å²) < 4.78 is 23.0. The van der Waals surface area contributed by atoms with Crippen LogP contribution in [0.25, 0.3) is 0 Å². The zero-order chi connectivity index (χ0) is 10.1. The Morgan fingerprint density at radius 1 is 1.69 bits per heavy atom. The van der Waals surface area contributed by atoms with Gasteiger partial charge in [0.05, 0.1) is 17.6 Å². The molecule has 1 atom stereocenters. The van der Waals surface area contributed by atoms with Gasteiger partial charge in [-0.3, -0.25) is 0 Å². The van der Waals surface area contributed by atoms with Crippen molar-refractivity contribution in [2.45, 2.75) is 6.10 Å². The van der Waals surface area contributed by atoms with Crippen molar-refractivity contribution < 1.29 is 13.5 Å². The summed E-state index contributed by atoms with van der Waals surface area (Å²) in [6.45, 7) is 0. The van der Waals surface area contributed by atoms with Crippen molar-refractivity contribution in [3.05, 3.63) is 11.9 Å². The lowest BCUT2D eigenvalue weighted by Gasteiger charge is -2.07. The molecule has 0 aliphatic rings. The molecule has 1 rings (SSSR count). The molecule has 6 nitrogen and oxygen atoms in total. The van der Waals surface area contributed by atoms with E-state index in [1.165, 1.54) is 10.9 Å². The number of aryl methyl sites for hydroxylation is 1. The first kappa shape index (κ1) is 10.1. The largest absolute Gasteiger partial charge is 0.386 e. The number of aromatic nitrogens is 3. The van der Waals surface area contributed by atoms with Crippen LogP contribution in [-0.2, 0) is 16.9 Å². The van der Waals surface area contributed by atoms with Crippen LogP contribution in [0.15, 0.2) is 6.20 Å². The Labute approximate surface area is 76.1 Å². The maximum Gasteiger partial charge on any atom is 0.150 e. The Balaban J connectivity index is 2.81. The van der Waals surface area contributed by atoms with E-state index >= 15 is 0 Å². The van der Waals surface area contributed by atoms with Gasteiger partial charge in [-0.1, -0.05) is 5.21 Å². The van der Waals surface area contributed by atoms with E-state index in [9.17, 15) is 13.5 Å². The standard InChI is InChI=1S/C6H11N3O3S/c1-9-5(3-7-8-9)6(10)4-13(2,11)12/h3,6,10H,4H2,1-2H3. The minimum absolute atomic E-state index is 0.311. The molecule has 13 heavy (non-hydrogen) atoms. The van der Waals surface area contributed by atoms with Gasteiger partial charge >= 0.3 is 0 Å². The molecule has 1 heterocycles. The molecule has 1 N–H and O–H groups in total. The van der Waals surface area contributed by atoms with Crippen LogP contribution in [-0.4, -0.2) is 40.5 Å². The second-order valence-corrected chi connectivity index (χ2v) is 5.08. The Morgan fingerprint density at radius 2 is 2.31 bits per heavy atom. The smallest absolute Gasteiger partial charge is 0.150 e. The Hall–Kier alpha value is -0.950. The molecule has 0 bridgehead atoms. The van der Waals surface area contributed by atoms with E-state index in [0.717, 1.165) is 6.26 Å². The average molecular weight is 205 g/mol. The highest BCUT2D eigenvalue weighted by molar-refractivity contribution is 7.90. The zero-order valence-corrected chi connectivity index (χ0v) is 8.19. The van der Waals surface area contributed by atoms with Crippen molar-refractivity contribution in [2.24, 2.45) is 7.05 Å². The van der Waals surface area contributed by atoms with Crippen LogP contribution in [0.3, 0.4) is 0 Å². The van der Waals surface area contributed by atoms with Crippen LogP contribution in [0.4, 0.5) is 0 Å². The van der Waals surface area contributed by atoms with Crippen molar-refractivity contribution in [2.75, 3.05) is 12.0 Å². The predicted octanol–water partition coefficient (Wildman–Crippen LogP) is -1.11. The maximum atomic E-state index is 10.8. The summed E-state index contributed by atoms with van der Waals surface area (Å²) in [5, 5.41) is 16.6. The molecule has 0 saturated carbocycles. The highest BCUT2D eigenvalue weighted by atomic mass is 32.2. The predicted molar refractivity (Wildman–Crippen MR) is 45.7 cm³/mol. The van der Waals surface area contributed by atoms with Gasteiger partial charge in [0.2, 0.25) is 0 Å². The summed E-state index contributed by atoms with van der Waals surface area (Å²) in [4.78, 5) is 0. The fourth-order valence-corrected chi connectivity index (χ4v) is 1.72. The summed E-state index contributed by atoms with van der Waals surface area (Å²) in [6, 6.07) is 0. The SMILES string of the molecule is Cn1nncc1C(O)CS(C)(=O)=O. The number of sulfone groups is 1. The maximum absolute atomic E-state index is 10.8. The van der Waals surface area contributed by atoms with Gasteiger partial charge in [-0.2, -0.15) is 0 Å². The molecule has 1 aromatic rings. The quantitative estimate of drug-likeness (QED) is 0.676. The minimum Gasteiger partial charge on any atom is -0.386 e. The third-order valence-corrected chi connectivity index (χ3v) is 2.47. The van der Waals surface area contributed by atoms with Crippen LogP contribution in [0.2, 0.25) is 0 Å². The number of nitrogens with zero attached hydrogens (tertiary/aromatic N) is 3. The lowest BCUT2D eigenvalue weighted by molar-refractivity contribution is 0.191. The number of aliphatic hydroxyl groups is 1. The molecule has 0 aromatic carbocycles. The third-order valence-electron chi connectivity index (χ3n) is 1.55. The van der Waals surface area contributed by atoms with E-state index in [1.807, 2.05) is 0 Å². The van der Waals surface area contributed by atoms with Crippen LogP contribution < -0.4 is 0 Å². The highest BCUT2D eigenvalue weighted by Gasteiger charge is 2.17. The Morgan fingerprint density at radius 3 is 2.69 bits per heavy atom. The average Bonchev–Trinajstić information content (AvgIpc) is 2.30. The third kappa shape index (κ3) is 2.78. The fraction of sp³-hybridized carbons (Fsp3) is 0.667. The summed E-state index contributed by atoms with van der Waals surface area (Å²) in [5.41, 5.74) is 0.394. The molecule has 0 aliphatic carbocycles. The van der Waals surface area contributed by atoms with E-state index in [4.69, 9.17) is 0 Å². The summed E-state index contributed by atoms with van der Waals surface area (Å²) in [7, 11) is -1.59. The molecule has 7 heteroatoms. The van der Waals surface area contributed by atoms with Crippen LogP contribution in [0.1, 0.15) is 11.8 Å². The van der Waals surface area contributed by atoms with E-state index in [-0.39, 0.29) is 5.75 Å². The van der Waals surface area contributed by atoms with Gasteiger partial charge in [-0.25, -0.2) is 13.1 Å². The van der Waals surface area contributed by atoms with Gasteiger partial charge in [0.15, 0.2) is 0 Å². The van der Waals surface area contributed by atoms with Crippen molar-refractivity contribution in [1.82, 2.24) is 15.0 Å². The van der Waals surface area contributed by atoms with Gasteiger partial charge in [0.25, 0.3) is 0 Å². The molecule has 0 fully saturated rings. The lowest BCUT2D eigenvalue weighted by Crippen LogP contribution is -2.15. The first-order chi connectivity index (χ1) is 5.90. The minimum atomic E-state index is -3.19. The molecular formula is C6H11N3O3S. The zero-order valence-electron chi connectivity index (χ0n) is 7.38. The molecule has 0 radical (unpaired) electrons. The van der Waals surface area contributed by atoms with E-state index < -0.39 is 15.9 Å². The lowest BCUT2D eigenvalue weighted by atomic mass is 10.3. The molecular weight excluding hydrogens is 194 g/mol. The molecule has 74 valence electrons. The van der Waals surface area contributed by atoms with Gasteiger partial charge < -0.3 is 5.11 Å². The second kappa shape index (κ2) is 3.43. The topological polar surface area (TPSA) is 85.1 Å². The molecule has 1 unspecified atom stereocenters. The van der Waals surface area contributed by atoms with Crippen molar-refractivity contribution >= 4 is 9.84 Å². The Kier molecular flexibility index (Phi) is 2.67. The second-order valence-electron chi connectivity index (χ2n) is 2.89. The van der Waals surface area contributed by atoms with Gasteiger partial charge in [0, 0.05) is 13.3 Å². The van der Waals surface area contributed by atoms with Crippen LogP contribution in [0, 0.1) is 0 Å². The molecule has 0 aliphatic heterocycles. The summed E-state index contributed by atoms with van der Waals surface area (Å²) >= 11 is 0. The number of aliphatic hydroxyl groups excluding tert-OH is 1. The highest BCUT2D eigenvalue weighted by Crippen LogP contribution is 2.11. The van der Waals surface area contributed by atoms with E-state index in [1.54, 1.807) is 7.05 Å².